The van der Waals surface area contributed by atoms with Crippen LogP contribution in [0.4, 0.5) is 0 Å². The van der Waals surface area contributed by atoms with Crippen LogP contribution in [-0.4, -0.2) is 16.3 Å². The van der Waals surface area contributed by atoms with Crippen molar-refractivity contribution in [3.63, 3.8) is 0 Å². The molecule has 0 saturated heterocycles. The van der Waals surface area contributed by atoms with Gasteiger partial charge < -0.3 is 15.5 Å². The van der Waals surface area contributed by atoms with Gasteiger partial charge in [0.1, 0.15) is 11.5 Å². The van der Waals surface area contributed by atoms with Gasteiger partial charge in [0, 0.05) is 27.9 Å². The average molecular weight is 291 g/mol. The highest BCUT2D eigenvalue weighted by Gasteiger charge is 2.12. The van der Waals surface area contributed by atoms with Gasteiger partial charge in [-0.3, -0.25) is 0 Å². The van der Waals surface area contributed by atoms with Crippen LogP contribution in [0.15, 0.2) is 30.3 Å². The van der Waals surface area contributed by atoms with Crippen molar-refractivity contribution in [2.24, 2.45) is 0 Å². The molecule has 0 aliphatic carbocycles. The molecule has 2 atom stereocenters. The first-order valence-corrected chi connectivity index (χ1v) is 7.60. The Bertz CT molecular complexity index is 559. The first-order valence-electron chi connectivity index (χ1n) is 6.78. The van der Waals surface area contributed by atoms with Gasteiger partial charge in [-0.2, -0.15) is 0 Å². The van der Waals surface area contributed by atoms with Crippen LogP contribution in [0.1, 0.15) is 35.2 Å². The number of phenolic OH excluding ortho intramolecular Hbond substituents is 2. The molecule has 0 bridgehead atoms. The maximum atomic E-state index is 9.53. The first kappa shape index (κ1) is 14.9. The van der Waals surface area contributed by atoms with Gasteiger partial charge in [-0.25, -0.2) is 0 Å². The second kappa shape index (κ2) is 6.29. The van der Waals surface area contributed by atoms with Gasteiger partial charge in [0.05, 0.1) is 0 Å². The molecule has 0 aliphatic heterocycles. The molecule has 1 aromatic heterocycles. The Morgan fingerprint density at radius 2 is 1.75 bits per heavy atom. The highest BCUT2D eigenvalue weighted by Crippen LogP contribution is 2.25. The van der Waals surface area contributed by atoms with E-state index in [1.54, 1.807) is 12.1 Å². The largest absolute Gasteiger partial charge is 0.508 e. The molecule has 1 heterocycles. The Balaban J connectivity index is 1.97. The third kappa shape index (κ3) is 3.99. The van der Waals surface area contributed by atoms with Crippen LogP contribution in [-0.2, 0) is 6.42 Å². The van der Waals surface area contributed by atoms with Gasteiger partial charge in [-0.05, 0) is 57.0 Å². The minimum absolute atomic E-state index is 0.0732. The molecule has 3 N–H and O–H groups in total. The summed E-state index contributed by atoms with van der Waals surface area (Å²) in [4.78, 5) is 2.70. The fourth-order valence-corrected chi connectivity index (χ4v) is 3.37. The molecule has 1 aromatic carbocycles. The van der Waals surface area contributed by atoms with E-state index in [-0.39, 0.29) is 17.5 Å². The quantitative estimate of drug-likeness (QED) is 0.786. The number of aryl methyl sites for hydroxylation is 1. The summed E-state index contributed by atoms with van der Waals surface area (Å²) in [5.41, 5.74) is 0.886. The van der Waals surface area contributed by atoms with Crippen molar-refractivity contribution in [3.8, 4) is 11.5 Å². The number of thiophene rings is 1. The van der Waals surface area contributed by atoms with E-state index in [2.05, 4.69) is 31.3 Å². The maximum absolute atomic E-state index is 9.53. The van der Waals surface area contributed by atoms with Gasteiger partial charge >= 0.3 is 0 Å². The molecule has 0 saturated carbocycles. The lowest BCUT2D eigenvalue weighted by Crippen LogP contribution is -2.30. The van der Waals surface area contributed by atoms with Gasteiger partial charge in [0.15, 0.2) is 0 Å². The number of hydrogen-bond donors (Lipinski definition) is 3. The Labute approximate surface area is 123 Å². The normalized spacial score (nSPS) is 14.2. The predicted molar refractivity (Wildman–Crippen MR) is 83.5 cm³/mol. The number of hydrogen-bond acceptors (Lipinski definition) is 4. The highest BCUT2D eigenvalue weighted by molar-refractivity contribution is 7.11. The van der Waals surface area contributed by atoms with Gasteiger partial charge in [-0.15, -0.1) is 11.3 Å². The Morgan fingerprint density at radius 3 is 2.30 bits per heavy atom. The predicted octanol–water partition coefficient (Wildman–Crippen LogP) is 3.75. The Hall–Kier alpha value is -1.52. The molecule has 0 fully saturated rings. The van der Waals surface area contributed by atoms with Gasteiger partial charge in [0.25, 0.3) is 0 Å². The van der Waals surface area contributed by atoms with Crippen molar-refractivity contribution >= 4 is 11.3 Å². The SMILES string of the molecule is Cc1ccc(CC(C)NC(C)c2cc(O)cc(O)c2)s1. The second-order valence-electron chi connectivity index (χ2n) is 5.29. The van der Waals surface area contributed by atoms with Crippen molar-refractivity contribution in [1.29, 1.82) is 0 Å². The Kier molecular flexibility index (Phi) is 4.68. The lowest BCUT2D eigenvalue weighted by atomic mass is 10.1. The van der Waals surface area contributed by atoms with E-state index in [1.807, 2.05) is 18.3 Å². The number of aromatic hydroxyl groups is 2. The first-order chi connectivity index (χ1) is 9.44. The number of phenols is 2. The summed E-state index contributed by atoms with van der Waals surface area (Å²) in [5, 5.41) is 22.6. The van der Waals surface area contributed by atoms with Crippen LogP contribution in [0.5, 0.6) is 11.5 Å². The Morgan fingerprint density at radius 1 is 1.10 bits per heavy atom. The monoisotopic (exact) mass is 291 g/mol. The minimum atomic E-state index is 0.0732. The summed E-state index contributed by atoms with van der Waals surface area (Å²) in [7, 11) is 0. The summed E-state index contributed by atoms with van der Waals surface area (Å²) >= 11 is 1.82. The highest BCUT2D eigenvalue weighted by atomic mass is 32.1. The third-order valence-corrected chi connectivity index (χ3v) is 4.29. The van der Waals surface area contributed by atoms with Crippen molar-refractivity contribution in [1.82, 2.24) is 5.32 Å². The summed E-state index contributed by atoms with van der Waals surface area (Å²) in [5.74, 6) is 0.186. The molecule has 108 valence electrons. The van der Waals surface area contributed by atoms with E-state index < -0.39 is 0 Å². The molecule has 0 aliphatic rings. The van der Waals surface area contributed by atoms with E-state index >= 15 is 0 Å². The van der Waals surface area contributed by atoms with E-state index in [9.17, 15) is 10.2 Å². The van der Waals surface area contributed by atoms with Crippen molar-refractivity contribution in [2.45, 2.75) is 39.3 Å². The maximum Gasteiger partial charge on any atom is 0.119 e. The van der Waals surface area contributed by atoms with Crippen LogP contribution in [0, 0.1) is 6.92 Å². The molecule has 0 amide bonds. The second-order valence-corrected chi connectivity index (χ2v) is 6.66. The summed E-state index contributed by atoms with van der Waals surface area (Å²) in [6.45, 7) is 6.29. The summed E-state index contributed by atoms with van der Waals surface area (Å²) in [6.07, 6.45) is 0.980. The molecule has 2 unspecified atom stereocenters. The van der Waals surface area contributed by atoms with Gasteiger partial charge in [-0.1, -0.05) is 0 Å². The molecule has 20 heavy (non-hydrogen) atoms. The zero-order valence-corrected chi connectivity index (χ0v) is 12.9. The fourth-order valence-electron chi connectivity index (χ4n) is 2.35. The summed E-state index contributed by atoms with van der Waals surface area (Å²) < 4.78 is 0. The van der Waals surface area contributed by atoms with Crippen LogP contribution in [0.3, 0.4) is 0 Å². The number of nitrogens with one attached hydrogen (secondary N) is 1. The molecule has 4 heteroatoms. The zero-order chi connectivity index (χ0) is 14.7. The zero-order valence-electron chi connectivity index (χ0n) is 12.1. The standard InChI is InChI=1S/C16H21NO2S/c1-10(6-16-5-4-11(2)20-16)17-12(3)13-7-14(18)9-15(19)8-13/h4-5,7-10,12,17-19H,6H2,1-3H3. The molecule has 2 rings (SSSR count). The van der Waals surface area contributed by atoms with Crippen LogP contribution in [0.2, 0.25) is 0 Å². The molecule has 3 nitrogen and oxygen atoms in total. The minimum Gasteiger partial charge on any atom is -0.508 e. The lowest BCUT2D eigenvalue weighted by molar-refractivity contribution is 0.440. The topological polar surface area (TPSA) is 52.5 Å². The molecule has 2 aromatic rings. The van der Waals surface area contributed by atoms with Crippen molar-refractivity contribution in [3.05, 3.63) is 45.6 Å². The lowest BCUT2D eigenvalue weighted by Gasteiger charge is -2.20. The van der Waals surface area contributed by atoms with E-state index in [4.69, 9.17) is 0 Å². The number of benzene rings is 1. The molecule has 0 radical (unpaired) electrons. The molecular formula is C16H21NO2S. The molecular weight excluding hydrogens is 270 g/mol. The fraction of sp³-hybridized carbons (Fsp3) is 0.375. The van der Waals surface area contributed by atoms with E-state index in [0.29, 0.717) is 6.04 Å². The molecule has 0 spiro atoms. The van der Waals surface area contributed by atoms with Crippen molar-refractivity contribution in [2.75, 3.05) is 0 Å². The van der Waals surface area contributed by atoms with Gasteiger partial charge in [0.2, 0.25) is 0 Å². The third-order valence-electron chi connectivity index (χ3n) is 3.26. The van der Waals surface area contributed by atoms with Crippen LogP contribution in [0.25, 0.3) is 0 Å². The smallest absolute Gasteiger partial charge is 0.119 e. The van der Waals surface area contributed by atoms with Crippen LogP contribution >= 0.6 is 11.3 Å². The van der Waals surface area contributed by atoms with Crippen LogP contribution < -0.4 is 5.32 Å². The van der Waals surface area contributed by atoms with E-state index in [0.717, 1.165) is 12.0 Å². The average Bonchev–Trinajstić information content (AvgIpc) is 2.73. The van der Waals surface area contributed by atoms with E-state index in [1.165, 1.54) is 15.8 Å². The van der Waals surface area contributed by atoms with Crippen molar-refractivity contribution < 1.29 is 10.2 Å². The summed E-state index contributed by atoms with van der Waals surface area (Å²) in [6, 6.07) is 9.41. The number of rotatable bonds is 5.